The predicted molar refractivity (Wildman–Crippen MR) is 97.2 cm³/mol. The molecule has 25 heavy (non-hydrogen) atoms. The summed E-state index contributed by atoms with van der Waals surface area (Å²) in [5.41, 5.74) is 0. The smallest absolute Gasteiger partial charge is 0.347 e. The highest BCUT2D eigenvalue weighted by Gasteiger charge is 2.27. The topological polar surface area (TPSA) is 55.8 Å². The summed E-state index contributed by atoms with van der Waals surface area (Å²) in [6.45, 7) is 4.07. The summed E-state index contributed by atoms with van der Waals surface area (Å²) in [7, 11) is 0. The highest BCUT2D eigenvalue weighted by molar-refractivity contribution is 6.35. The van der Waals surface area contributed by atoms with Gasteiger partial charge >= 0.3 is 5.97 Å². The number of carbonyl (C=O) groups is 2. The van der Waals surface area contributed by atoms with Crippen LogP contribution in [0, 0.1) is 0 Å². The fraction of sp³-hybridized carbons (Fsp3) is 0.556. The maximum atomic E-state index is 12.3. The van der Waals surface area contributed by atoms with Gasteiger partial charge in [-0.05, 0) is 50.8 Å². The third-order valence-electron chi connectivity index (χ3n) is 4.29. The number of piperidine rings is 1. The molecular formula is C18H23Cl2NO4. The largest absolute Gasteiger partial charge is 0.477 e. The summed E-state index contributed by atoms with van der Waals surface area (Å²) in [5.74, 6) is -0.426. The molecule has 2 rings (SSSR count). The zero-order valence-corrected chi connectivity index (χ0v) is 16.0. The number of carbonyl (C=O) groups excluding carboxylic acids is 2. The molecule has 1 amide bonds. The molecular weight excluding hydrogens is 365 g/mol. The van der Waals surface area contributed by atoms with Gasteiger partial charge in [0, 0.05) is 17.6 Å². The van der Waals surface area contributed by atoms with E-state index in [9.17, 15) is 9.59 Å². The molecule has 0 saturated carbocycles. The lowest BCUT2D eigenvalue weighted by Crippen LogP contribution is -2.45. The Hall–Kier alpha value is -1.46. The summed E-state index contributed by atoms with van der Waals surface area (Å²) in [6, 6.07) is 4.97. The van der Waals surface area contributed by atoms with Gasteiger partial charge in [-0.25, -0.2) is 4.79 Å². The van der Waals surface area contributed by atoms with E-state index in [1.165, 1.54) is 6.07 Å². The van der Waals surface area contributed by atoms with Crippen LogP contribution >= 0.6 is 23.2 Å². The summed E-state index contributed by atoms with van der Waals surface area (Å²) in [6.07, 6.45) is 3.16. The average Bonchev–Trinajstić information content (AvgIpc) is 2.61. The van der Waals surface area contributed by atoms with Crippen molar-refractivity contribution in [2.45, 2.75) is 51.7 Å². The van der Waals surface area contributed by atoms with E-state index in [1.54, 1.807) is 19.1 Å². The fourth-order valence-corrected chi connectivity index (χ4v) is 3.35. The molecule has 2 atom stereocenters. The fourth-order valence-electron chi connectivity index (χ4n) is 2.90. The standard InChI is InChI=1S/C18H23Cl2NO4/c1-3-14-6-4-5-9-21(14)17(22)11-24-18(23)12(2)25-16-8-7-13(19)10-15(16)20/h7-8,10,12,14H,3-6,9,11H2,1-2H3. The first-order valence-electron chi connectivity index (χ1n) is 8.50. The van der Waals surface area contributed by atoms with Crippen molar-refractivity contribution in [2.24, 2.45) is 0 Å². The van der Waals surface area contributed by atoms with Crippen molar-refractivity contribution >= 4 is 35.1 Å². The van der Waals surface area contributed by atoms with Crippen molar-refractivity contribution in [3.63, 3.8) is 0 Å². The Bertz CT molecular complexity index is 623. The Labute approximate surface area is 158 Å². The third-order valence-corrected chi connectivity index (χ3v) is 4.82. The summed E-state index contributed by atoms with van der Waals surface area (Å²) in [5, 5.41) is 0.785. The van der Waals surface area contributed by atoms with Crippen molar-refractivity contribution in [3.05, 3.63) is 28.2 Å². The van der Waals surface area contributed by atoms with Crippen LogP contribution in [0.25, 0.3) is 0 Å². The Morgan fingerprint density at radius 3 is 2.76 bits per heavy atom. The van der Waals surface area contributed by atoms with E-state index in [2.05, 4.69) is 6.92 Å². The van der Waals surface area contributed by atoms with E-state index in [-0.39, 0.29) is 18.6 Å². The highest BCUT2D eigenvalue weighted by atomic mass is 35.5. The maximum Gasteiger partial charge on any atom is 0.347 e. The lowest BCUT2D eigenvalue weighted by molar-refractivity contribution is -0.158. The van der Waals surface area contributed by atoms with Crippen LogP contribution in [0.15, 0.2) is 18.2 Å². The van der Waals surface area contributed by atoms with Gasteiger partial charge < -0.3 is 14.4 Å². The number of esters is 1. The normalized spacial score (nSPS) is 18.6. The number of likely N-dealkylation sites (tertiary alicyclic amines) is 1. The summed E-state index contributed by atoms with van der Waals surface area (Å²) in [4.78, 5) is 26.2. The second-order valence-corrected chi connectivity index (χ2v) is 6.93. The minimum atomic E-state index is -0.880. The molecule has 1 aromatic carbocycles. The minimum Gasteiger partial charge on any atom is -0.477 e. The summed E-state index contributed by atoms with van der Waals surface area (Å²) < 4.78 is 10.6. The molecule has 1 heterocycles. The van der Waals surface area contributed by atoms with Gasteiger partial charge in [0.05, 0.1) is 5.02 Å². The van der Waals surface area contributed by atoms with Crippen LogP contribution < -0.4 is 4.74 Å². The summed E-state index contributed by atoms with van der Waals surface area (Å²) >= 11 is 11.8. The molecule has 0 radical (unpaired) electrons. The van der Waals surface area contributed by atoms with Gasteiger partial charge in [-0.2, -0.15) is 0 Å². The molecule has 1 aliphatic rings. The van der Waals surface area contributed by atoms with Gasteiger partial charge in [-0.15, -0.1) is 0 Å². The monoisotopic (exact) mass is 387 g/mol. The number of rotatable bonds is 6. The molecule has 5 nitrogen and oxygen atoms in total. The van der Waals surface area contributed by atoms with Gasteiger partial charge in [-0.3, -0.25) is 4.79 Å². The first-order valence-corrected chi connectivity index (χ1v) is 9.25. The van der Waals surface area contributed by atoms with E-state index in [1.807, 2.05) is 4.90 Å². The molecule has 1 aromatic rings. The second-order valence-electron chi connectivity index (χ2n) is 6.09. The SMILES string of the molecule is CCC1CCCCN1C(=O)COC(=O)C(C)Oc1ccc(Cl)cc1Cl. The molecule has 1 fully saturated rings. The molecule has 0 aromatic heterocycles. The van der Waals surface area contributed by atoms with Gasteiger partial charge in [0.2, 0.25) is 0 Å². The Kier molecular flexibility index (Phi) is 7.38. The lowest BCUT2D eigenvalue weighted by Gasteiger charge is -2.35. The molecule has 0 N–H and O–H groups in total. The number of nitrogens with zero attached hydrogens (tertiary/aromatic N) is 1. The average molecular weight is 388 g/mol. The van der Waals surface area contributed by atoms with E-state index >= 15 is 0 Å². The molecule has 0 aliphatic carbocycles. The number of ether oxygens (including phenoxy) is 2. The molecule has 2 unspecified atom stereocenters. The Balaban J connectivity index is 1.85. The first-order chi connectivity index (χ1) is 11.9. The van der Waals surface area contributed by atoms with E-state index in [0.29, 0.717) is 15.8 Å². The van der Waals surface area contributed by atoms with Gasteiger partial charge in [0.1, 0.15) is 5.75 Å². The molecule has 0 spiro atoms. The van der Waals surface area contributed by atoms with Crippen molar-refractivity contribution < 1.29 is 19.1 Å². The lowest BCUT2D eigenvalue weighted by atomic mass is 10.00. The zero-order valence-electron chi connectivity index (χ0n) is 14.5. The first kappa shape index (κ1) is 19.9. The van der Waals surface area contributed by atoms with Gasteiger partial charge in [0.15, 0.2) is 12.7 Å². The zero-order chi connectivity index (χ0) is 18.4. The van der Waals surface area contributed by atoms with E-state index in [4.69, 9.17) is 32.7 Å². The number of benzene rings is 1. The molecule has 1 saturated heterocycles. The highest BCUT2D eigenvalue weighted by Crippen LogP contribution is 2.28. The van der Waals surface area contributed by atoms with Crippen LogP contribution in [0.2, 0.25) is 10.0 Å². The van der Waals surface area contributed by atoms with E-state index < -0.39 is 12.1 Å². The van der Waals surface area contributed by atoms with Crippen molar-refractivity contribution in [2.75, 3.05) is 13.2 Å². The van der Waals surface area contributed by atoms with Crippen LogP contribution in [-0.4, -0.2) is 42.1 Å². The van der Waals surface area contributed by atoms with Crippen molar-refractivity contribution in [3.8, 4) is 5.75 Å². The van der Waals surface area contributed by atoms with E-state index in [0.717, 1.165) is 32.2 Å². The number of halogens is 2. The van der Waals surface area contributed by atoms with Crippen LogP contribution in [-0.2, 0) is 14.3 Å². The van der Waals surface area contributed by atoms with Crippen LogP contribution in [0.5, 0.6) is 5.75 Å². The molecule has 0 bridgehead atoms. The minimum absolute atomic E-state index is 0.156. The Morgan fingerprint density at radius 2 is 2.08 bits per heavy atom. The van der Waals surface area contributed by atoms with Gasteiger partial charge in [0.25, 0.3) is 5.91 Å². The molecule has 138 valence electrons. The van der Waals surface area contributed by atoms with Crippen LogP contribution in [0.1, 0.15) is 39.5 Å². The number of hydrogen-bond donors (Lipinski definition) is 0. The number of amides is 1. The van der Waals surface area contributed by atoms with Crippen molar-refractivity contribution in [1.82, 2.24) is 4.90 Å². The van der Waals surface area contributed by atoms with Crippen LogP contribution in [0.4, 0.5) is 0 Å². The Morgan fingerprint density at radius 1 is 1.32 bits per heavy atom. The second kappa shape index (κ2) is 9.30. The van der Waals surface area contributed by atoms with Gasteiger partial charge in [-0.1, -0.05) is 30.1 Å². The third kappa shape index (κ3) is 5.51. The number of hydrogen-bond acceptors (Lipinski definition) is 4. The van der Waals surface area contributed by atoms with Crippen molar-refractivity contribution in [1.29, 1.82) is 0 Å². The maximum absolute atomic E-state index is 12.3. The molecule has 1 aliphatic heterocycles. The van der Waals surface area contributed by atoms with Crippen LogP contribution in [0.3, 0.4) is 0 Å². The quantitative estimate of drug-likeness (QED) is 0.689. The predicted octanol–water partition coefficient (Wildman–Crippen LogP) is 4.10. The molecule has 7 heteroatoms.